The highest BCUT2D eigenvalue weighted by molar-refractivity contribution is 6.43. The summed E-state index contributed by atoms with van der Waals surface area (Å²) in [4.78, 5) is 12.5. The van der Waals surface area contributed by atoms with Crippen molar-refractivity contribution < 1.29 is 13.6 Å². The summed E-state index contributed by atoms with van der Waals surface area (Å²) in [5.74, 6) is 1.27. The summed E-state index contributed by atoms with van der Waals surface area (Å²) in [6.45, 7) is 0. The van der Waals surface area contributed by atoms with Crippen LogP contribution in [0.5, 0.6) is 0 Å². The van der Waals surface area contributed by atoms with Crippen molar-refractivity contribution >= 4 is 58.3 Å². The lowest BCUT2D eigenvalue weighted by Gasteiger charge is -2.02. The van der Waals surface area contributed by atoms with Gasteiger partial charge < -0.3 is 8.83 Å². The molecule has 4 aromatic rings. The van der Waals surface area contributed by atoms with Gasteiger partial charge in [-0.3, -0.25) is 4.79 Å². The fourth-order valence-corrected chi connectivity index (χ4v) is 3.84. The first kappa shape index (κ1) is 20.8. The highest BCUT2D eigenvalue weighted by Gasteiger charge is 2.15. The Hall–Kier alpha value is -2.43. The van der Waals surface area contributed by atoms with Crippen LogP contribution in [-0.2, 0) is 0 Å². The highest BCUT2D eigenvalue weighted by atomic mass is 35.5. The summed E-state index contributed by atoms with van der Waals surface area (Å²) in [6.07, 6.45) is 2.91. The molecule has 0 bridgehead atoms. The zero-order valence-electron chi connectivity index (χ0n) is 15.2. The topological polar surface area (TPSA) is 43.4 Å². The summed E-state index contributed by atoms with van der Waals surface area (Å²) in [5.41, 5.74) is 1.21. The minimum absolute atomic E-state index is 0.165. The molecule has 0 aliphatic carbocycles. The van der Waals surface area contributed by atoms with E-state index in [9.17, 15) is 4.79 Å². The van der Waals surface area contributed by atoms with Gasteiger partial charge in [-0.05, 0) is 60.7 Å². The predicted molar refractivity (Wildman–Crippen MR) is 122 cm³/mol. The van der Waals surface area contributed by atoms with Crippen molar-refractivity contribution in [2.24, 2.45) is 0 Å². The van der Waals surface area contributed by atoms with E-state index in [4.69, 9.17) is 55.2 Å². The van der Waals surface area contributed by atoms with E-state index >= 15 is 0 Å². The number of furan rings is 2. The Labute approximate surface area is 192 Å². The summed E-state index contributed by atoms with van der Waals surface area (Å²) in [6, 6.07) is 17.1. The molecule has 150 valence electrons. The second-order valence-electron chi connectivity index (χ2n) is 6.26. The van der Waals surface area contributed by atoms with Gasteiger partial charge >= 0.3 is 0 Å². The van der Waals surface area contributed by atoms with E-state index in [2.05, 4.69) is 0 Å². The Bertz CT molecular complexity index is 1250. The molecule has 0 aliphatic rings. The highest BCUT2D eigenvalue weighted by Crippen LogP contribution is 2.36. The quantitative estimate of drug-likeness (QED) is 0.213. The summed E-state index contributed by atoms with van der Waals surface area (Å²) < 4.78 is 11.4. The van der Waals surface area contributed by atoms with Gasteiger partial charge in [-0.1, -0.05) is 58.5 Å². The molecular weight excluding hydrogens is 466 g/mol. The number of rotatable bonds is 5. The van der Waals surface area contributed by atoms with Crippen LogP contribution >= 0.6 is 46.4 Å². The van der Waals surface area contributed by atoms with Crippen molar-refractivity contribution in [3.05, 3.63) is 98.4 Å². The van der Waals surface area contributed by atoms with E-state index in [0.29, 0.717) is 48.5 Å². The molecule has 0 saturated carbocycles. The summed E-state index contributed by atoms with van der Waals surface area (Å²) >= 11 is 24.7. The van der Waals surface area contributed by atoms with Crippen LogP contribution in [0, 0.1) is 0 Å². The van der Waals surface area contributed by atoms with Crippen molar-refractivity contribution in [3.8, 4) is 22.6 Å². The Morgan fingerprint density at radius 3 is 2.17 bits per heavy atom. The molecule has 0 spiro atoms. The number of ketones is 1. The Balaban J connectivity index is 1.53. The maximum absolute atomic E-state index is 12.5. The summed E-state index contributed by atoms with van der Waals surface area (Å²) in [5, 5.41) is 1.73. The Kier molecular flexibility index (Phi) is 6.07. The standard InChI is InChI=1S/C23H12Cl4O3/c24-15-4-2-5-16(25)22(15)21-10-8-13(29-21)7-9-18(28)20-12-11-19(30-20)14-3-1-6-17(26)23(14)27/h1-12H/b9-7+. The number of halogens is 4. The van der Waals surface area contributed by atoms with Crippen molar-refractivity contribution in [2.75, 3.05) is 0 Å². The maximum atomic E-state index is 12.5. The molecule has 0 unspecified atom stereocenters. The van der Waals surface area contributed by atoms with Crippen molar-refractivity contribution in [2.45, 2.75) is 0 Å². The maximum Gasteiger partial charge on any atom is 0.221 e. The van der Waals surface area contributed by atoms with E-state index in [1.807, 2.05) is 0 Å². The third-order valence-electron chi connectivity index (χ3n) is 4.30. The lowest BCUT2D eigenvalue weighted by atomic mass is 10.2. The van der Waals surface area contributed by atoms with Gasteiger partial charge in [-0.25, -0.2) is 0 Å². The lowest BCUT2D eigenvalue weighted by molar-refractivity contribution is 0.102. The number of hydrogen-bond acceptors (Lipinski definition) is 3. The van der Waals surface area contributed by atoms with Gasteiger partial charge in [0.1, 0.15) is 17.3 Å². The number of carbonyl (C=O) groups excluding carboxylic acids is 1. The SMILES string of the molecule is O=C(/C=C/c1ccc(-c2c(Cl)cccc2Cl)o1)c1ccc(-c2cccc(Cl)c2Cl)o1. The van der Waals surface area contributed by atoms with Crippen LogP contribution in [0.1, 0.15) is 16.3 Å². The van der Waals surface area contributed by atoms with E-state index in [-0.39, 0.29) is 11.5 Å². The van der Waals surface area contributed by atoms with Crippen LogP contribution in [0.4, 0.5) is 0 Å². The van der Waals surface area contributed by atoms with Crippen molar-refractivity contribution in [1.29, 1.82) is 0 Å². The van der Waals surface area contributed by atoms with Crippen LogP contribution in [0.15, 0.2) is 75.6 Å². The fraction of sp³-hybridized carbons (Fsp3) is 0. The molecule has 0 fully saturated rings. The monoisotopic (exact) mass is 476 g/mol. The van der Waals surface area contributed by atoms with Gasteiger partial charge in [0.2, 0.25) is 5.78 Å². The average molecular weight is 478 g/mol. The number of hydrogen-bond donors (Lipinski definition) is 0. The van der Waals surface area contributed by atoms with Gasteiger partial charge in [0.05, 0.1) is 25.7 Å². The number of benzene rings is 2. The van der Waals surface area contributed by atoms with Crippen LogP contribution < -0.4 is 0 Å². The van der Waals surface area contributed by atoms with Gasteiger partial charge in [0.25, 0.3) is 0 Å². The molecule has 2 heterocycles. The third kappa shape index (κ3) is 4.21. The molecule has 2 aromatic heterocycles. The minimum atomic E-state index is -0.326. The molecule has 2 aromatic carbocycles. The van der Waals surface area contributed by atoms with Gasteiger partial charge in [0.15, 0.2) is 5.76 Å². The molecule has 0 saturated heterocycles. The molecule has 3 nitrogen and oxygen atoms in total. The van der Waals surface area contributed by atoms with E-state index < -0.39 is 0 Å². The van der Waals surface area contributed by atoms with Crippen molar-refractivity contribution in [1.82, 2.24) is 0 Å². The molecule has 7 heteroatoms. The lowest BCUT2D eigenvalue weighted by Crippen LogP contribution is -1.90. The van der Waals surface area contributed by atoms with Gasteiger partial charge in [-0.15, -0.1) is 0 Å². The molecule has 30 heavy (non-hydrogen) atoms. The Morgan fingerprint density at radius 2 is 1.40 bits per heavy atom. The zero-order chi connectivity index (χ0) is 21.3. The fourth-order valence-electron chi connectivity index (χ4n) is 2.86. The largest absolute Gasteiger partial charge is 0.457 e. The normalized spacial score (nSPS) is 11.3. The molecular formula is C23H12Cl4O3. The van der Waals surface area contributed by atoms with Crippen LogP contribution in [-0.4, -0.2) is 5.78 Å². The first-order valence-corrected chi connectivity index (χ1v) is 10.3. The van der Waals surface area contributed by atoms with Crippen LogP contribution in [0.3, 0.4) is 0 Å². The molecule has 0 N–H and O–H groups in total. The zero-order valence-corrected chi connectivity index (χ0v) is 18.2. The molecule has 0 amide bonds. The first-order chi connectivity index (χ1) is 14.4. The van der Waals surface area contributed by atoms with E-state index in [1.54, 1.807) is 66.7 Å². The average Bonchev–Trinajstić information content (AvgIpc) is 3.38. The van der Waals surface area contributed by atoms with Gasteiger partial charge in [0, 0.05) is 5.56 Å². The van der Waals surface area contributed by atoms with Crippen LogP contribution in [0.2, 0.25) is 20.1 Å². The van der Waals surface area contributed by atoms with E-state index in [0.717, 1.165) is 0 Å². The van der Waals surface area contributed by atoms with Crippen LogP contribution in [0.25, 0.3) is 28.7 Å². The number of allylic oxidation sites excluding steroid dienone is 1. The Morgan fingerprint density at radius 1 is 0.733 bits per heavy atom. The smallest absolute Gasteiger partial charge is 0.221 e. The molecule has 0 radical (unpaired) electrons. The first-order valence-electron chi connectivity index (χ1n) is 8.75. The van der Waals surface area contributed by atoms with Gasteiger partial charge in [-0.2, -0.15) is 0 Å². The molecule has 0 aliphatic heterocycles. The second kappa shape index (κ2) is 8.75. The number of carbonyl (C=O) groups is 1. The summed E-state index contributed by atoms with van der Waals surface area (Å²) in [7, 11) is 0. The predicted octanol–water partition coefficient (Wildman–Crippen LogP) is 8.72. The second-order valence-corrected chi connectivity index (χ2v) is 7.86. The minimum Gasteiger partial charge on any atom is -0.457 e. The molecule has 4 rings (SSSR count). The third-order valence-corrected chi connectivity index (χ3v) is 5.75. The molecule has 0 atom stereocenters. The van der Waals surface area contributed by atoms with E-state index in [1.165, 1.54) is 6.08 Å². The van der Waals surface area contributed by atoms with Crippen molar-refractivity contribution in [3.63, 3.8) is 0 Å².